The first-order valence-electron chi connectivity index (χ1n) is 7.26. The lowest BCUT2D eigenvalue weighted by molar-refractivity contribution is -0.145. The van der Waals surface area contributed by atoms with Crippen molar-refractivity contribution in [2.45, 2.75) is 37.5 Å². The average molecular weight is 342 g/mol. The molecule has 1 rings (SSSR count). The van der Waals surface area contributed by atoms with Gasteiger partial charge in [-0.3, -0.25) is 4.79 Å². The summed E-state index contributed by atoms with van der Waals surface area (Å²) in [5.41, 5.74) is 0.662. The van der Waals surface area contributed by atoms with E-state index in [9.17, 15) is 9.59 Å². The summed E-state index contributed by atoms with van der Waals surface area (Å²) in [4.78, 5) is 25.0. The number of Topliss-reactive ketones (excluding diaryl/α,β-unsaturated/α-hetero) is 1. The molecule has 1 aromatic carbocycles. The molecule has 0 unspecified atom stereocenters. The van der Waals surface area contributed by atoms with Crippen molar-refractivity contribution in [2.24, 2.45) is 0 Å². The molecule has 0 saturated heterocycles. The molecule has 122 valence electrons. The molecule has 1 aromatic rings. The molecule has 0 spiro atoms. The van der Waals surface area contributed by atoms with Crippen LogP contribution >= 0.6 is 23.5 Å². The largest absolute Gasteiger partial charge is 0.480 e. The van der Waals surface area contributed by atoms with Crippen molar-refractivity contribution in [2.75, 3.05) is 24.7 Å². The summed E-state index contributed by atoms with van der Waals surface area (Å²) >= 11 is 3.19. The predicted octanol–water partition coefficient (Wildman–Crippen LogP) is 4.06. The van der Waals surface area contributed by atoms with E-state index < -0.39 is 5.97 Å². The summed E-state index contributed by atoms with van der Waals surface area (Å²) in [5, 5.41) is 0. The van der Waals surface area contributed by atoms with Crippen molar-refractivity contribution in [1.29, 1.82) is 0 Å². The molecule has 0 heterocycles. The highest BCUT2D eigenvalue weighted by Gasteiger charge is 2.16. The Balaban J connectivity index is 3.13. The highest BCUT2D eigenvalue weighted by atomic mass is 32.2. The molecule has 0 aliphatic carbocycles. The third kappa shape index (κ3) is 5.57. The third-order valence-electron chi connectivity index (χ3n) is 2.67. The van der Waals surface area contributed by atoms with E-state index in [1.165, 1.54) is 0 Å². The Labute approximate surface area is 140 Å². The maximum absolute atomic E-state index is 11.7. The van der Waals surface area contributed by atoms with E-state index in [0.717, 1.165) is 21.3 Å². The number of esters is 1. The van der Waals surface area contributed by atoms with Gasteiger partial charge in [-0.15, -0.1) is 23.5 Å². The number of thioether (sulfide) groups is 2. The average Bonchev–Trinajstić information content (AvgIpc) is 2.47. The van der Waals surface area contributed by atoms with Crippen LogP contribution < -0.4 is 4.74 Å². The van der Waals surface area contributed by atoms with E-state index in [2.05, 4.69) is 0 Å². The third-order valence-corrected chi connectivity index (χ3v) is 4.47. The van der Waals surface area contributed by atoms with E-state index in [-0.39, 0.29) is 12.4 Å². The lowest BCUT2D eigenvalue weighted by atomic mass is 10.1. The molecule has 0 atom stereocenters. The zero-order valence-electron chi connectivity index (χ0n) is 13.4. The lowest BCUT2D eigenvalue weighted by Crippen LogP contribution is -2.15. The molecule has 0 aromatic heterocycles. The van der Waals surface area contributed by atoms with Crippen LogP contribution in [-0.4, -0.2) is 36.5 Å². The van der Waals surface area contributed by atoms with Gasteiger partial charge in [0.15, 0.2) is 12.4 Å². The number of carbonyl (C=O) groups excluding carboxylic acids is 2. The molecule has 0 bridgehead atoms. The van der Waals surface area contributed by atoms with Crippen LogP contribution in [0, 0.1) is 0 Å². The SMILES string of the molecule is CCOC(=O)COc1c(SCC)cc(C(C)=O)cc1SCC. The number of hydrogen-bond acceptors (Lipinski definition) is 6. The molecule has 22 heavy (non-hydrogen) atoms. The smallest absolute Gasteiger partial charge is 0.344 e. The highest BCUT2D eigenvalue weighted by molar-refractivity contribution is 8.00. The van der Waals surface area contributed by atoms with E-state index in [1.807, 2.05) is 26.0 Å². The maximum atomic E-state index is 11.7. The zero-order valence-corrected chi connectivity index (χ0v) is 15.1. The molecular weight excluding hydrogens is 320 g/mol. The first kappa shape index (κ1) is 18.9. The summed E-state index contributed by atoms with van der Waals surface area (Å²) < 4.78 is 10.6. The highest BCUT2D eigenvalue weighted by Crippen LogP contribution is 2.39. The fraction of sp³-hybridized carbons (Fsp3) is 0.500. The van der Waals surface area contributed by atoms with Gasteiger partial charge in [-0.1, -0.05) is 13.8 Å². The Bertz CT molecular complexity index is 502. The van der Waals surface area contributed by atoms with Gasteiger partial charge in [0.05, 0.1) is 16.4 Å². The van der Waals surface area contributed by atoms with Crippen LogP contribution in [0.3, 0.4) is 0 Å². The van der Waals surface area contributed by atoms with Gasteiger partial charge in [0.1, 0.15) is 5.75 Å². The van der Waals surface area contributed by atoms with Gasteiger partial charge in [-0.25, -0.2) is 4.79 Å². The van der Waals surface area contributed by atoms with Crippen molar-refractivity contribution in [3.8, 4) is 5.75 Å². The first-order valence-corrected chi connectivity index (χ1v) is 9.23. The molecule has 0 aliphatic heterocycles. The Hall–Kier alpha value is -1.14. The fourth-order valence-electron chi connectivity index (χ4n) is 1.78. The summed E-state index contributed by atoms with van der Waals surface area (Å²) in [7, 11) is 0. The second kappa shape index (κ2) is 9.79. The molecule has 6 heteroatoms. The number of ether oxygens (including phenoxy) is 2. The number of ketones is 1. The van der Waals surface area contributed by atoms with Crippen molar-refractivity contribution in [3.63, 3.8) is 0 Å². The van der Waals surface area contributed by atoms with Crippen LogP contribution in [0.1, 0.15) is 38.1 Å². The molecule has 0 aliphatic rings. The second-order valence-electron chi connectivity index (χ2n) is 4.32. The van der Waals surface area contributed by atoms with Crippen LogP contribution in [-0.2, 0) is 9.53 Å². The number of carbonyl (C=O) groups is 2. The molecule has 0 radical (unpaired) electrons. The summed E-state index contributed by atoms with van der Waals surface area (Å²) in [6.07, 6.45) is 0. The van der Waals surface area contributed by atoms with E-state index in [0.29, 0.717) is 17.9 Å². The normalized spacial score (nSPS) is 10.4. The van der Waals surface area contributed by atoms with Crippen LogP contribution in [0.25, 0.3) is 0 Å². The minimum Gasteiger partial charge on any atom is -0.480 e. The van der Waals surface area contributed by atoms with E-state index in [4.69, 9.17) is 9.47 Å². The Morgan fingerprint density at radius 2 is 1.59 bits per heavy atom. The zero-order chi connectivity index (χ0) is 16.5. The van der Waals surface area contributed by atoms with Gasteiger partial charge in [0, 0.05) is 5.56 Å². The summed E-state index contributed by atoms with van der Waals surface area (Å²) in [6, 6.07) is 3.66. The van der Waals surface area contributed by atoms with Crippen molar-refractivity contribution in [1.82, 2.24) is 0 Å². The standard InChI is InChI=1S/C16H22O4S2/c1-5-19-15(18)10-20-16-13(21-6-2)8-12(11(4)17)9-14(16)22-7-3/h8-9H,5-7,10H2,1-4H3. The Morgan fingerprint density at radius 1 is 1.05 bits per heavy atom. The van der Waals surface area contributed by atoms with Crippen LogP contribution in [0.5, 0.6) is 5.75 Å². The monoisotopic (exact) mass is 342 g/mol. The predicted molar refractivity (Wildman–Crippen MR) is 91.4 cm³/mol. The number of benzene rings is 1. The van der Waals surface area contributed by atoms with Crippen LogP contribution in [0.4, 0.5) is 0 Å². The molecule has 0 amide bonds. The second-order valence-corrected chi connectivity index (χ2v) is 6.93. The number of hydrogen-bond donors (Lipinski definition) is 0. The minimum atomic E-state index is -0.391. The van der Waals surface area contributed by atoms with Crippen LogP contribution in [0.2, 0.25) is 0 Å². The molecule has 0 saturated carbocycles. The van der Waals surface area contributed by atoms with Gasteiger partial charge in [-0.2, -0.15) is 0 Å². The Morgan fingerprint density at radius 3 is 2.00 bits per heavy atom. The van der Waals surface area contributed by atoms with Gasteiger partial charge in [0.2, 0.25) is 0 Å². The minimum absolute atomic E-state index is 0.0212. The molecule has 0 fully saturated rings. The van der Waals surface area contributed by atoms with Crippen molar-refractivity contribution < 1.29 is 19.1 Å². The lowest BCUT2D eigenvalue weighted by Gasteiger charge is -2.16. The van der Waals surface area contributed by atoms with Gasteiger partial charge < -0.3 is 9.47 Å². The first-order chi connectivity index (χ1) is 10.5. The molecular formula is C16H22O4S2. The van der Waals surface area contributed by atoms with Crippen LogP contribution in [0.15, 0.2) is 21.9 Å². The van der Waals surface area contributed by atoms with E-state index in [1.54, 1.807) is 37.4 Å². The molecule has 0 N–H and O–H groups in total. The van der Waals surface area contributed by atoms with Gasteiger partial charge in [0.25, 0.3) is 0 Å². The summed E-state index contributed by atoms with van der Waals surface area (Å²) in [6.45, 7) is 7.59. The quantitative estimate of drug-likeness (QED) is 0.383. The molecule has 4 nitrogen and oxygen atoms in total. The van der Waals surface area contributed by atoms with Crippen molar-refractivity contribution in [3.05, 3.63) is 17.7 Å². The maximum Gasteiger partial charge on any atom is 0.344 e. The van der Waals surface area contributed by atoms with Crippen molar-refractivity contribution >= 4 is 35.3 Å². The number of rotatable bonds is 9. The summed E-state index contributed by atoms with van der Waals surface area (Å²) in [5.74, 6) is 2.00. The van der Waals surface area contributed by atoms with E-state index >= 15 is 0 Å². The van der Waals surface area contributed by atoms with Gasteiger partial charge in [-0.05, 0) is 37.5 Å². The van der Waals surface area contributed by atoms with Gasteiger partial charge >= 0.3 is 5.97 Å². The topological polar surface area (TPSA) is 52.6 Å². The Kier molecular flexibility index (Phi) is 8.42. The fourth-order valence-corrected chi connectivity index (χ4v) is 3.49.